The number of halogens is 1. The van der Waals surface area contributed by atoms with Crippen LogP contribution in [0.3, 0.4) is 0 Å². The van der Waals surface area contributed by atoms with E-state index >= 15 is 0 Å². The van der Waals surface area contributed by atoms with E-state index in [1.807, 2.05) is 30.3 Å². The van der Waals surface area contributed by atoms with Crippen LogP contribution in [0.5, 0.6) is 0 Å². The highest BCUT2D eigenvalue weighted by molar-refractivity contribution is 6.28. The van der Waals surface area contributed by atoms with Crippen molar-refractivity contribution in [1.82, 2.24) is 10.4 Å². The highest BCUT2D eigenvalue weighted by Gasteiger charge is 2.19. The zero-order valence-electron chi connectivity index (χ0n) is 10.0. The van der Waals surface area contributed by atoms with E-state index in [0.717, 1.165) is 16.5 Å². The molecular weight excluding hydrogens is 262 g/mol. The van der Waals surface area contributed by atoms with E-state index in [9.17, 15) is 0 Å². The molecule has 0 amide bonds. The molecule has 19 heavy (non-hydrogen) atoms. The Kier molecular flexibility index (Phi) is 3.21. The summed E-state index contributed by atoms with van der Waals surface area (Å²) in [5.74, 6) is 6.31. The summed E-state index contributed by atoms with van der Waals surface area (Å²) in [7, 11) is 0. The van der Waals surface area contributed by atoms with Crippen molar-refractivity contribution in [2.45, 2.75) is 6.04 Å². The number of aromatic nitrogens is 1. The molecule has 3 N–H and O–H groups in total. The zero-order chi connectivity index (χ0) is 13.2. The molecule has 1 unspecified atom stereocenters. The predicted molar refractivity (Wildman–Crippen MR) is 74.6 cm³/mol. The van der Waals surface area contributed by atoms with Crippen LogP contribution >= 0.6 is 11.6 Å². The van der Waals surface area contributed by atoms with Gasteiger partial charge in [-0.25, -0.2) is 5.43 Å². The normalized spacial score (nSPS) is 12.7. The third kappa shape index (κ3) is 2.21. The second-order valence-electron chi connectivity index (χ2n) is 4.16. The topological polar surface area (TPSA) is 64.1 Å². The summed E-state index contributed by atoms with van der Waals surface area (Å²) in [6.45, 7) is 0. The molecule has 0 radical (unpaired) electrons. The van der Waals surface area contributed by atoms with Crippen molar-refractivity contribution in [3.63, 3.8) is 0 Å². The van der Waals surface area contributed by atoms with Crippen molar-refractivity contribution in [3.05, 3.63) is 65.2 Å². The molecule has 96 valence electrons. The molecule has 3 rings (SSSR count). The van der Waals surface area contributed by atoms with Gasteiger partial charge < -0.3 is 4.42 Å². The molecule has 0 aliphatic heterocycles. The van der Waals surface area contributed by atoms with Crippen LogP contribution in [0.1, 0.15) is 17.4 Å². The number of nitrogens with one attached hydrogen (secondary N) is 1. The molecule has 1 aromatic carbocycles. The molecule has 0 fully saturated rings. The first-order chi connectivity index (χ1) is 9.29. The van der Waals surface area contributed by atoms with Gasteiger partial charge in [-0.1, -0.05) is 24.3 Å². The van der Waals surface area contributed by atoms with Gasteiger partial charge in [0.1, 0.15) is 11.8 Å². The summed E-state index contributed by atoms with van der Waals surface area (Å²) in [5.41, 5.74) is 4.59. The lowest BCUT2D eigenvalue weighted by molar-refractivity contribution is 0.454. The Morgan fingerprint density at radius 2 is 2.00 bits per heavy atom. The molecular formula is C14H12ClN3O. The van der Waals surface area contributed by atoms with Crippen molar-refractivity contribution in [1.29, 1.82) is 0 Å². The summed E-state index contributed by atoms with van der Waals surface area (Å²) in [6, 6.07) is 13.1. The molecule has 3 aromatic rings. The largest absolute Gasteiger partial charge is 0.448 e. The van der Waals surface area contributed by atoms with E-state index in [1.54, 1.807) is 18.3 Å². The Bertz CT molecular complexity index is 705. The van der Waals surface area contributed by atoms with Gasteiger partial charge in [-0.2, -0.15) is 0 Å². The average Bonchev–Trinajstić information content (AvgIpc) is 2.86. The third-order valence-corrected chi connectivity index (χ3v) is 3.22. The molecule has 0 bridgehead atoms. The van der Waals surface area contributed by atoms with E-state index in [-0.39, 0.29) is 6.04 Å². The number of para-hydroxylation sites is 1. The van der Waals surface area contributed by atoms with E-state index in [1.165, 1.54) is 0 Å². The first kappa shape index (κ1) is 12.2. The van der Waals surface area contributed by atoms with Gasteiger partial charge >= 0.3 is 0 Å². The number of hydrazine groups is 1. The quantitative estimate of drug-likeness (QED) is 0.569. The molecule has 0 saturated carbocycles. The van der Waals surface area contributed by atoms with Gasteiger partial charge in [0.15, 0.2) is 5.22 Å². The van der Waals surface area contributed by atoms with Crippen LogP contribution in [0.25, 0.3) is 10.9 Å². The summed E-state index contributed by atoms with van der Waals surface area (Å²) in [5, 5.41) is 1.39. The first-order valence-electron chi connectivity index (χ1n) is 5.84. The van der Waals surface area contributed by atoms with Crippen LogP contribution < -0.4 is 11.3 Å². The minimum absolute atomic E-state index is 0.286. The van der Waals surface area contributed by atoms with Crippen molar-refractivity contribution in [3.8, 4) is 0 Å². The van der Waals surface area contributed by atoms with E-state index < -0.39 is 0 Å². The number of nitrogens with zero attached hydrogens (tertiary/aromatic N) is 1. The lowest BCUT2D eigenvalue weighted by Crippen LogP contribution is -2.28. The fraction of sp³-hybridized carbons (Fsp3) is 0.0714. The van der Waals surface area contributed by atoms with Gasteiger partial charge in [0.2, 0.25) is 0 Å². The van der Waals surface area contributed by atoms with Crippen LogP contribution in [0.15, 0.2) is 53.1 Å². The second-order valence-corrected chi connectivity index (χ2v) is 4.54. The van der Waals surface area contributed by atoms with Crippen molar-refractivity contribution >= 4 is 22.5 Å². The standard InChI is InChI=1S/C14H12ClN3O/c15-12-7-6-11(19-12)14(18-16)10-5-1-3-9-4-2-8-17-13(9)10/h1-8,14,18H,16H2. The Labute approximate surface area is 115 Å². The number of rotatable bonds is 3. The van der Waals surface area contributed by atoms with Gasteiger partial charge in [0.05, 0.1) is 5.52 Å². The molecule has 0 aliphatic carbocycles. The minimum Gasteiger partial charge on any atom is -0.448 e. The number of hydrogen-bond acceptors (Lipinski definition) is 4. The number of furan rings is 1. The molecule has 2 heterocycles. The van der Waals surface area contributed by atoms with E-state index in [2.05, 4.69) is 10.4 Å². The fourth-order valence-corrected chi connectivity index (χ4v) is 2.32. The van der Waals surface area contributed by atoms with E-state index in [4.69, 9.17) is 21.9 Å². The molecule has 5 heteroatoms. The number of hydrogen-bond donors (Lipinski definition) is 2. The number of pyridine rings is 1. The van der Waals surface area contributed by atoms with E-state index in [0.29, 0.717) is 11.0 Å². The van der Waals surface area contributed by atoms with Crippen molar-refractivity contribution in [2.24, 2.45) is 5.84 Å². The van der Waals surface area contributed by atoms with Crippen LogP contribution in [-0.4, -0.2) is 4.98 Å². The fourth-order valence-electron chi connectivity index (χ4n) is 2.17. The smallest absolute Gasteiger partial charge is 0.193 e. The molecule has 0 saturated heterocycles. The average molecular weight is 274 g/mol. The zero-order valence-corrected chi connectivity index (χ0v) is 10.8. The molecule has 0 aliphatic rings. The molecule has 0 spiro atoms. The number of benzene rings is 1. The maximum absolute atomic E-state index is 5.82. The summed E-state index contributed by atoms with van der Waals surface area (Å²) in [4.78, 5) is 4.41. The minimum atomic E-state index is -0.286. The highest BCUT2D eigenvalue weighted by Crippen LogP contribution is 2.29. The Morgan fingerprint density at radius 3 is 2.74 bits per heavy atom. The van der Waals surface area contributed by atoms with Gasteiger partial charge in [-0.05, 0) is 29.8 Å². The van der Waals surface area contributed by atoms with Gasteiger partial charge in [0, 0.05) is 17.1 Å². The summed E-state index contributed by atoms with van der Waals surface area (Å²) in [6.07, 6.45) is 1.76. The number of nitrogens with two attached hydrogens (primary N) is 1. The highest BCUT2D eigenvalue weighted by atomic mass is 35.5. The van der Waals surface area contributed by atoms with Crippen LogP contribution in [0.2, 0.25) is 5.22 Å². The van der Waals surface area contributed by atoms with Gasteiger partial charge in [-0.3, -0.25) is 10.8 Å². The lowest BCUT2D eigenvalue weighted by Gasteiger charge is -2.15. The monoisotopic (exact) mass is 273 g/mol. The van der Waals surface area contributed by atoms with Crippen molar-refractivity contribution in [2.75, 3.05) is 0 Å². The Balaban J connectivity index is 2.16. The summed E-state index contributed by atoms with van der Waals surface area (Å²) >= 11 is 5.82. The molecule has 1 atom stereocenters. The maximum atomic E-state index is 5.82. The van der Waals surface area contributed by atoms with Gasteiger partial charge in [-0.15, -0.1) is 0 Å². The molecule has 4 nitrogen and oxygen atoms in total. The summed E-state index contributed by atoms with van der Waals surface area (Å²) < 4.78 is 5.44. The van der Waals surface area contributed by atoms with Crippen LogP contribution in [0, 0.1) is 0 Å². The lowest BCUT2D eigenvalue weighted by atomic mass is 10.0. The molecule has 2 aromatic heterocycles. The maximum Gasteiger partial charge on any atom is 0.193 e. The third-order valence-electron chi connectivity index (χ3n) is 3.02. The van der Waals surface area contributed by atoms with Gasteiger partial charge in [0.25, 0.3) is 0 Å². The van der Waals surface area contributed by atoms with Crippen LogP contribution in [-0.2, 0) is 0 Å². The van der Waals surface area contributed by atoms with Crippen LogP contribution in [0.4, 0.5) is 0 Å². The SMILES string of the molecule is NNC(c1ccc(Cl)o1)c1cccc2cccnc12. The Morgan fingerprint density at radius 1 is 1.16 bits per heavy atom. The number of fused-ring (bicyclic) bond motifs is 1. The second kappa shape index (κ2) is 5.01. The van der Waals surface area contributed by atoms with Crippen molar-refractivity contribution < 1.29 is 4.42 Å². The predicted octanol–water partition coefficient (Wildman–Crippen LogP) is 3.03. The Hall–Kier alpha value is -1.88. The first-order valence-corrected chi connectivity index (χ1v) is 6.22.